The Morgan fingerprint density at radius 3 is 2.38 bits per heavy atom. The maximum Gasteiger partial charge on any atom is 0.514 e. The lowest BCUT2D eigenvalue weighted by molar-refractivity contribution is 0.0594. The van der Waals surface area contributed by atoms with Gasteiger partial charge in [0, 0.05) is 12.2 Å². The summed E-state index contributed by atoms with van der Waals surface area (Å²) < 4.78 is 10.6. The lowest BCUT2D eigenvalue weighted by Crippen LogP contribution is -2.35. The van der Waals surface area contributed by atoms with Gasteiger partial charge in [0.05, 0.1) is 11.6 Å². The minimum absolute atomic E-state index is 0.264. The Hall–Kier alpha value is -2.20. The molecule has 24 heavy (non-hydrogen) atoms. The number of anilines is 1. The fourth-order valence-corrected chi connectivity index (χ4v) is 2.50. The zero-order valence-corrected chi connectivity index (χ0v) is 14.7. The molecule has 2 aromatic carbocycles. The molecule has 0 radical (unpaired) electrons. The van der Waals surface area contributed by atoms with Crippen LogP contribution in [0.1, 0.15) is 20.3 Å². The Balaban J connectivity index is 1.96. The molecule has 0 aliphatic carbocycles. The largest absolute Gasteiger partial charge is 0.514 e. The number of rotatable bonds is 7. The van der Waals surface area contributed by atoms with Crippen molar-refractivity contribution < 1.29 is 14.3 Å². The Labute approximate surface area is 147 Å². The van der Waals surface area contributed by atoms with Crippen molar-refractivity contribution in [3.63, 3.8) is 0 Å². The highest BCUT2D eigenvalue weighted by Crippen LogP contribution is 2.24. The molecule has 128 valence electrons. The van der Waals surface area contributed by atoms with Crippen LogP contribution in [0.3, 0.4) is 0 Å². The molecule has 0 amide bonds. The molecular formula is C19H22ClNO3. The number of likely N-dealkylation sites (N-methyl/N-ethyl adjacent to an activating group) is 1. The van der Waals surface area contributed by atoms with E-state index in [0.29, 0.717) is 23.7 Å². The van der Waals surface area contributed by atoms with Gasteiger partial charge in [-0.1, -0.05) is 48.9 Å². The van der Waals surface area contributed by atoms with Crippen molar-refractivity contribution in [3.8, 4) is 5.75 Å². The van der Waals surface area contributed by atoms with E-state index in [4.69, 9.17) is 21.1 Å². The highest BCUT2D eigenvalue weighted by molar-refractivity contribution is 6.32. The number of para-hydroxylation sites is 2. The summed E-state index contributed by atoms with van der Waals surface area (Å²) >= 11 is 5.98. The summed E-state index contributed by atoms with van der Waals surface area (Å²) in [6.07, 6.45) is -0.305. The Bertz CT molecular complexity index is 648. The van der Waals surface area contributed by atoms with Crippen LogP contribution in [-0.4, -0.2) is 25.3 Å². The molecule has 1 unspecified atom stereocenters. The van der Waals surface area contributed by atoms with Crippen molar-refractivity contribution >= 4 is 23.4 Å². The van der Waals surface area contributed by atoms with Crippen molar-refractivity contribution in [1.29, 1.82) is 0 Å². The fraction of sp³-hybridized carbons (Fsp3) is 0.316. The van der Waals surface area contributed by atoms with Crippen molar-refractivity contribution in [2.75, 3.05) is 18.0 Å². The van der Waals surface area contributed by atoms with Gasteiger partial charge in [-0.2, -0.15) is 0 Å². The topological polar surface area (TPSA) is 38.8 Å². The second-order valence-electron chi connectivity index (χ2n) is 5.30. The third kappa shape index (κ3) is 5.17. The van der Waals surface area contributed by atoms with E-state index in [-0.39, 0.29) is 6.10 Å². The summed E-state index contributed by atoms with van der Waals surface area (Å²) in [5.74, 6) is 0.300. The molecule has 0 saturated heterocycles. The van der Waals surface area contributed by atoms with Crippen LogP contribution in [0, 0.1) is 0 Å². The van der Waals surface area contributed by atoms with E-state index in [2.05, 4.69) is 11.8 Å². The van der Waals surface area contributed by atoms with Gasteiger partial charge in [-0.25, -0.2) is 4.79 Å². The Kier molecular flexibility index (Phi) is 6.94. The van der Waals surface area contributed by atoms with Gasteiger partial charge in [-0.05, 0) is 37.6 Å². The van der Waals surface area contributed by atoms with E-state index in [1.165, 1.54) is 0 Å². The van der Waals surface area contributed by atoms with Gasteiger partial charge >= 0.3 is 6.16 Å². The number of halogens is 1. The third-order valence-corrected chi connectivity index (χ3v) is 3.99. The lowest BCUT2D eigenvalue weighted by Gasteiger charge is -2.27. The van der Waals surface area contributed by atoms with Crippen molar-refractivity contribution in [2.45, 2.75) is 26.4 Å². The molecule has 2 aromatic rings. The van der Waals surface area contributed by atoms with Crippen LogP contribution in [0.5, 0.6) is 5.75 Å². The van der Waals surface area contributed by atoms with E-state index in [0.717, 1.165) is 12.2 Å². The van der Waals surface area contributed by atoms with E-state index in [9.17, 15) is 4.79 Å². The second-order valence-corrected chi connectivity index (χ2v) is 5.71. The first-order valence-electron chi connectivity index (χ1n) is 8.07. The molecule has 0 spiro atoms. The SMILES string of the molecule is CCC(CN(CC)c1ccccc1)OC(=O)Oc1ccccc1Cl. The number of ether oxygens (including phenoxy) is 2. The maximum atomic E-state index is 12.0. The van der Waals surface area contributed by atoms with Gasteiger partial charge < -0.3 is 14.4 Å². The number of nitrogens with zero attached hydrogens (tertiary/aromatic N) is 1. The minimum Gasteiger partial charge on any atom is -0.429 e. The average molecular weight is 348 g/mol. The van der Waals surface area contributed by atoms with Gasteiger partial charge in [0.2, 0.25) is 0 Å². The molecule has 0 saturated carbocycles. The maximum absolute atomic E-state index is 12.0. The number of hydrogen-bond donors (Lipinski definition) is 0. The van der Waals surface area contributed by atoms with Crippen LogP contribution in [0.15, 0.2) is 54.6 Å². The molecule has 0 N–H and O–H groups in total. The highest BCUT2D eigenvalue weighted by Gasteiger charge is 2.18. The van der Waals surface area contributed by atoms with Crippen molar-refractivity contribution in [3.05, 3.63) is 59.6 Å². The van der Waals surface area contributed by atoms with Crippen molar-refractivity contribution in [1.82, 2.24) is 0 Å². The van der Waals surface area contributed by atoms with E-state index in [1.54, 1.807) is 24.3 Å². The molecule has 1 atom stereocenters. The van der Waals surface area contributed by atoms with Crippen LogP contribution in [0.2, 0.25) is 5.02 Å². The molecule has 0 bridgehead atoms. The van der Waals surface area contributed by atoms with E-state index >= 15 is 0 Å². The van der Waals surface area contributed by atoms with Crippen LogP contribution < -0.4 is 9.64 Å². The third-order valence-electron chi connectivity index (χ3n) is 3.68. The zero-order chi connectivity index (χ0) is 17.4. The van der Waals surface area contributed by atoms with Crippen LogP contribution in [-0.2, 0) is 4.74 Å². The summed E-state index contributed by atoms with van der Waals surface area (Å²) in [6, 6.07) is 16.9. The summed E-state index contributed by atoms with van der Waals surface area (Å²) in [4.78, 5) is 14.2. The second kappa shape index (κ2) is 9.18. The summed E-state index contributed by atoms with van der Waals surface area (Å²) in [5, 5.41) is 0.377. The first-order valence-corrected chi connectivity index (χ1v) is 8.44. The number of hydrogen-bond acceptors (Lipinski definition) is 4. The number of benzene rings is 2. The Morgan fingerprint density at radius 2 is 1.75 bits per heavy atom. The quantitative estimate of drug-likeness (QED) is 0.512. The van der Waals surface area contributed by atoms with Gasteiger partial charge in [-0.3, -0.25) is 0 Å². The van der Waals surface area contributed by atoms with E-state index < -0.39 is 6.16 Å². The highest BCUT2D eigenvalue weighted by atomic mass is 35.5. The Morgan fingerprint density at radius 1 is 1.08 bits per heavy atom. The van der Waals surface area contributed by atoms with Gasteiger partial charge in [0.25, 0.3) is 0 Å². The average Bonchev–Trinajstić information content (AvgIpc) is 2.61. The normalized spacial score (nSPS) is 11.6. The molecule has 4 nitrogen and oxygen atoms in total. The zero-order valence-electron chi connectivity index (χ0n) is 13.9. The van der Waals surface area contributed by atoms with Gasteiger partial charge in [0.15, 0.2) is 5.75 Å². The molecule has 0 fully saturated rings. The molecule has 0 aliphatic heterocycles. The molecule has 5 heteroatoms. The van der Waals surface area contributed by atoms with Gasteiger partial charge in [0.1, 0.15) is 6.10 Å². The molecule has 0 aromatic heterocycles. The number of carbonyl (C=O) groups is 1. The first-order chi connectivity index (χ1) is 11.6. The smallest absolute Gasteiger partial charge is 0.429 e. The summed E-state index contributed by atoms with van der Waals surface area (Å²) in [7, 11) is 0. The van der Waals surface area contributed by atoms with Crippen LogP contribution >= 0.6 is 11.6 Å². The molecular weight excluding hydrogens is 326 g/mol. The summed E-state index contributed by atoms with van der Waals surface area (Å²) in [5.41, 5.74) is 1.10. The van der Waals surface area contributed by atoms with E-state index in [1.807, 2.05) is 37.3 Å². The summed E-state index contributed by atoms with van der Waals surface area (Å²) in [6.45, 7) is 5.48. The fourth-order valence-electron chi connectivity index (χ4n) is 2.33. The molecule has 0 aliphatic rings. The standard InChI is InChI=1S/C19H22ClNO3/c1-3-16(14-21(4-2)15-10-6-5-7-11-15)23-19(22)24-18-13-9-8-12-17(18)20/h5-13,16H,3-4,14H2,1-2H3. The minimum atomic E-state index is -0.737. The van der Waals surface area contributed by atoms with Crippen LogP contribution in [0.25, 0.3) is 0 Å². The first kappa shape index (κ1) is 18.1. The predicted molar refractivity (Wildman–Crippen MR) is 97.0 cm³/mol. The molecule has 2 rings (SSSR count). The van der Waals surface area contributed by atoms with Gasteiger partial charge in [-0.15, -0.1) is 0 Å². The number of carbonyl (C=O) groups excluding carboxylic acids is 1. The van der Waals surface area contributed by atoms with Crippen LogP contribution in [0.4, 0.5) is 10.5 Å². The predicted octanol–water partition coefficient (Wildman–Crippen LogP) is 5.16. The van der Waals surface area contributed by atoms with Crippen molar-refractivity contribution in [2.24, 2.45) is 0 Å². The lowest BCUT2D eigenvalue weighted by atomic mass is 10.2. The molecule has 0 heterocycles. The monoisotopic (exact) mass is 347 g/mol.